The van der Waals surface area contributed by atoms with E-state index >= 15 is 0 Å². The van der Waals surface area contributed by atoms with Crippen LogP contribution in [0.5, 0.6) is 5.75 Å². The minimum Gasteiger partial charge on any atom is -0.496 e. The zero-order valence-electron chi connectivity index (χ0n) is 9.30. The second-order valence-electron chi connectivity index (χ2n) is 2.61. The Morgan fingerprint density at radius 1 is 1.40 bits per heavy atom. The Kier molecular flexibility index (Phi) is 5.79. The molecule has 0 unspecified atom stereocenters. The zero-order valence-corrected chi connectivity index (χ0v) is 10.1. The van der Waals surface area contributed by atoms with Gasteiger partial charge in [0.1, 0.15) is 11.3 Å². The summed E-state index contributed by atoms with van der Waals surface area (Å²) in [6, 6.07) is 2.99. The van der Waals surface area contributed by atoms with Crippen molar-refractivity contribution in [1.82, 2.24) is 0 Å². The molecule has 0 aromatic heterocycles. The van der Waals surface area contributed by atoms with E-state index in [9.17, 15) is 4.79 Å². The lowest BCUT2D eigenvalue weighted by Gasteiger charge is -2.06. The molecular weight excluding hydrogens is 216 g/mol. The van der Waals surface area contributed by atoms with E-state index in [1.165, 1.54) is 13.2 Å². The highest BCUT2D eigenvalue weighted by Crippen LogP contribution is 2.26. The van der Waals surface area contributed by atoms with Crippen LogP contribution in [0.4, 0.5) is 0 Å². The molecule has 0 saturated carbocycles. The normalized spacial score (nSPS) is 8.87. The molecule has 0 aliphatic rings. The van der Waals surface area contributed by atoms with Gasteiger partial charge in [0.05, 0.1) is 7.11 Å². The molecule has 0 fully saturated rings. The van der Waals surface area contributed by atoms with Gasteiger partial charge in [-0.1, -0.05) is 25.4 Å². The average Bonchev–Trinajstić information content (AvgIpc) is 2.24. The van der Waals surface area contributed by atoms with Crippen LogP contribution in [0.2, 0.25) is 5.02 Å². The highest BCUT2D eigenvalue weighted by atomic mass is 35.5. The SMILES string of the molecule is CC.COc1cc(C)c(Cl)cc1C(=O)O. The van der Waals surface area contributed by atoms with E-state index in [4.69, 9.17) is 21.4 Å². The third kappa shape index (κ3) is 3.44. The molecule has 0 radical (unpaired) electrons. The van der Waals surface area contributed by atoms with Gasteiger partial charge in [0, 0.05) is 5.02 Å². The van der Waals surface area contributed by atoms with Gasteiger partial charge in [-0.2, -0.15) is 0 Å². The van der Waals surface area contributed by atoms with Gasteiger partial charge in [0.15, 0.2) is 0 Å². The topological polar surface area (TPSA) is 46.5 Å². The van der Waals surface area contributed by atoms with Crippen LogP contribution < -0.4 is 4.74 Å². The van der Waals surface area contributed by atoms with Gasteiger partial charge in [-0.3, -0.25) is 0 Å². The Morgan fingerprint density at radius 2 is 1.93 bits per heavy atom. The number of aromatic carboxylic acids is 1. The number of halogens is 1. The summed E-state index contributed by atoms with van der Waals surface area (Å²) in [7, 11) is 1.43. The molecule has 1 N–H and O–H groups in total. The highest BCUT2D eigenvalue weighted by Gasteiger charge is 2.12. The summed E-state index contributed by atoms with van der Waals surface area (Å²) in [6.45, 7) is 5.79. The van der Waals surface area contributed by atoms with Crippen LogP contribution in [0.25, 0.3) is 0 Å². The van der Waals surface area contributed by atoms with E-state index in [0.717, 1.165) is 5.56 Å². The molecule has 4 heteroatoms. The lowest BCUT2D eigenvalue weighted by molar-refractivity contribution is 0.0693. The summed E-state index contributed by atoms with van der Waals surface area (Å²) in [5, 5.41) is 9.20. The highest BCUT2D eigenvalue weighted by molar-refractivity contribution is 6.31. The first-order valence-electron chi connectivity index (χ1n) is 4.63. The molecule has 1 rings (SSSR count). The van der Waals surface area contributed by atoms with Crippen molar-refractivity contribution >= 4 is 17.6 Å². The molecule has 0 spiro atoms. The number of aryl methyl sites for hydroxylation is 1. The Bertz CT molecular complexity index is 348. The first kappa shape index (κ1) is 13.8. The van der Waals surface area contributed by atoms with Gasteiger partial charge >= 0.3 is 5.97 Å². The van der Waals surface area contributed by atoms with Crippen molar-refractivity contribution in [1.29, 1.82) is 0 Å². The van der Waals surface area contributed by atoms with E-state index in [2.05, 4.69) is 0 Å². The minimum atomic E-state index is -1.04. The number of carboxylic acids is 1. The molecule has 15 heavy (non-hydrogen) atoms. The molecule has 1 aromatic carbocycles. The second-order valence-corrected chi connectivity index (χ2v) is 3.01. The van der Waals surface area contributed by atoms with Gasteiger partial charge in [-0.05, 0) is 24.6 Å². The third-order valence-corrected chi connectivity index (χ3v) is 2.12. The van der Waals surface area contributed by atoms with Crippen LogP contribution >= 0.6 is 11.6 Å². The summed E-state index contributed by atoms with van der Waals surface area (Å²) < 4.78 is 4.90. The second kappa shape index (κ2) is 6.30. The maximum absolute atomic E-state index is 10.7. The van der Waals surface area contributed by atoms with Crippen LogP contribution in [0.15, 0.2) is 12.1 Å². The van der Waals surface area contributed by atoms with Crippen molar-refractivity contribution in [2.24, 2.45) is 0 Å². The van der Waals surface area contributed by atoms with Crippen LogP contribution in [0, 0.1) is 6.92 Å². The standard InChI is InChI=1S/C9H9ClO3.C2H6/c1-5-3-8(13-2)6(9(11)12)4-7(5)10;1-2/h3-4H,1-2H3,(H,11,12);1-2H3. The molecule has 84 valence electrons. The number of benzene rings is 1. The van der Waals surface area contributed by atoms with Crippen molar-refractivity contribution in [3.05, 3.63) is 28.3 Å². The maximum atomic E-state index is 10.7. The van der Waals surface area contributed by atoms with Crippen LogP contribution in [0.1, 0.15) is 29.8 Å². The lowest BCUT2D eigenvalue weighted by atomic mass is 10.1. The van der Waals surface area contributed by atoms with Crippen molar-refractivity contribution in [2.75, 3.05) is 7.11 Å². The Hall–Kier alpha value is -1.22. The predicted molar refractivity (Wildman–Crippen MR) is 61.0 cm³/mol. The van der Waals surface area contributed by atoms with Gasteiger partial charge in [0.25, 0.3) is 0 Å². The molecule has 0 saturated heterocycles. The molecule has 0 aliphatic carbocycles. The average molecular weight is 231 g/mol. The number of hydrogen-bond donors (Lipinski definition) is 1. The quantitative estimate of drug-likeness (QED) is 0.847. The molecule has 1 aromatic rings. The minimum absolute atomic E-state index is 0.0816. The number of carbonyl (C=O) groups is 1. The van der Waals surface area contributed by atoms with Crippen molar-refractivity contribution in [2.45, 2.75) is 20.8 Å². The molecule has 0 atom stereocenters. The Labute approximate surface area is 94.6 Å². The molecule has 0 bridgehead atoms. The molecule has 0 aliphatic heterocycles. The fraction of sp³-hybridized carbons (Fsp3) is 0.364. The zero-order chi connectivity index (χ0) is 12.0. The summed E-state index contributed by atoms with van der Waals surface area (Å²) >= 11 is 5.77. The summed E-state index contributed by atoms with van der Waals surface area (Å²) in [5.74, 6) is -0.715. The first-order chi connectivity index (χ1) is 7.06. The Balaban J connectivity index is 0.000000921. The van der Waals surface area contributed by atoms with E-state index in [1.54, 1.807) is 13.0 Å². The van der Waals surface area contributed by atoms with Crippen LogP contribution in [-0.2, 0) is 0 Å². The van der Waals surface area contributed by atoms with E-state index in [-0.39, 0.29) is 5.56 Å². The molecule has 0 amide bonds. The molecular formula is C11H15ClO3. The van der Waals surface area contributed by atoms with Crippen molar-refractivity contribution < 1.29 is 14.6 Å². The molecule has 3 nitrogen and oxygen atoms in total. The summed E-state index contributed by atoms with van der Waals surface area (Å²) in [4.78, 5) is 10.7. The fourth-order valence-electron chi connectivity index (χ4n) is 0.991. The van der Waals surface area contributed by atoms with E-state index in [1.807, 2.05) is 13.8 Å². The number of rotatable bonds is 2. The third-order valence-electron chi connectivity index (χ3n) is 1.71. The van der Waals surface area contributed by atoms with Gasteiger partial charge in [0.2, 0.25) is 0 Å². The van der Waals surface area contributed by atoms with E-state index in [0.29, 0.717) is 10.8 Å². The van der Waals surface area contributed by atoms with Crippen LogP contribution in [-0.4, -0.2) is 18.2 Å². The summed E-state index contributed by atoms with van der Waals surface area (Å²) in [5.41, 5.74) is 0.876. The van der Waals surface area contributed by atoms with E-state index < -0.39 is 5.97 Å². The largest absolute Gasteiger partial charge is 0.496 e. The monoisotopic (exact) mass is 230 g/mol. The first-order valence-corrected chi connectivity index (χ1v) is 5.01. The Morgan fingerprint density at radius 3 is 2.33 bits per heavy atom. The maximum Gasteiger partial charge on any atom is 0.339 e. The van der Waals surface area contributed by atoms with Crippen molar-refractivity contribution in [3.8, 4) is 5.75 Å². The smallest absolute Gasteiger partial charge is 0.339 e. The van der Waals surface area contributed by atoms with Crippen molar-refractivity contribution in [3.63, 3.8) is 0 Å². The number of ether oxygens (including phenoxy) is 1. The lowest BCUT2D eigenvalue weighted by Crippen LogP contribution is -2.00. The van der Waals surface area contributed by atoms with Gasteiger partial charge in [-0.15, -0.1) is 0 Å². The van der Waals surface area contributed by atoms with Gasteiger partial charge < -0.3 is 9.84 Å². The fourth-order valence-corrected chi connectivity index (χ4v) is 1.15. The van der Waals surface area contributed by atoms with Crippen LogP contribution in [0.3, 0.4) is 0 Å². The predicted octanol–water partition coefficient (Wildman–Crippen LogP) is 3.38. The van der Waals surface area contributed by atoms with Gasteiger partial charge in [-0.25, -0.2) is 4.79 Å². The number of hydrogen-bond acceptors (Lipinski definition) is 2. The number of carboxylic acid groups (broad SMARTS) is 1. The summed E-state index contributed by atoms with van der Waals surface area (Å²) in [6.07, 6.45) is 0. The molecule has 0 heterocycles. The number of methoxy groups -OCH3 is 1.